The molecule has 0 radical (unpaired) electrons. The predicted molar refractivity (Wildman–Crippen MR) is 134 cm³/mol. The molecule has 0 spiro atoms. The lowest BCUT2D eigenvalue weighted by Gasteiger charge is -2.24. The zero-order valence-corrected chi connectivity index (χ0v) is 20.2. The van der Waals surface area contributed by atoms with Crippen molar-refractivity contribution in [2.24, 2.45) is 0 Å². The van der Waals surface area contributed by atoms with Crippen LogP contribution in [0.2, 0.25) is 0 Å². The van der Waals surface area contributed by atoms with Gasteiger partial charge in [-0.25, -0.2) is 4.98 Å². The smallest absolute Gasteiger partial charge is 0.253 e. The lowest BCUT2D eigenvalue weighted by atomic mass is 10.0. The van der Waals surface area contributed by atoms with E-state index >= 15 is 0 Å². The zero-order chi connectivity index (χ0) is 25.1. The summed E-state index contributed by atoms with van der Waals surface area (Å²) in [5, 5.41) is 8.66. The summed E-state index contributed by atoms with van der Waals surface area (Å²) in [4.78, 5) is 45.9. The SMILES string of the molecule is Cc1nc(C(=O)CC(=O)N(Cc2ccc3ccccc3c2)c2ccc(C)c(C(=O)N(C)C)c2)n[nH]1. The van der Waals surface area contributed by atoms with Crippen molar-refractivity contribution < 1.29 is 14.4 Å². The van der Waals surface area contributed by atoms with E-state index < -0.39 is 18.1 Å². The molecule has 1 heterocycles. The minimum atomic E-state index is -0.473. The number of aromatic nitrogens is 3. The lowest BCUT2D eigenvalue weighted by molar-refractivity contribution is -0.117. The molecule has 0 aliphatic heterocycles. The number of Topliss-reactive ketones (excluding diaryl/α,β-unsaturated/α-hetero) is 1. The normalized spacial score (nSPS) is 10.9. The highest BCUT2D eigenvalue weighted by Gasteiger charge is 2.24. The largest absolute Gasteiger partial charge is 0.345 e. The van der Waals surface area contributed by atoms with Gasteiger partial charge in [-0.1, -0.05) is 42.5 Å². The average Bonchev–Trinajstić information content (AvgIpc) is 3.28. The maximum atomic E-state index is 13.4. The number of H-pyrrole nitrogens is 1. The number of rotatable bonds is 7. The second-order valence-electron chi connectivity index (χ2n) is 8.70. The van der Waals surface area contributed by atoms with E-state index in [1.807, 2.05) is 55.5 Å². The van der Waals surface area contributed by atoms with Crippen LogP contribution in [0.1, 0.15) is 44.3 Å². The van der Waals surface area contributed by atoms with Crippen LogP contribution in [0.5, 0.6) is 0 Å². The monoisotopic (exact) mass is 469 g/mol. The van der Waals surface area contributed by atoms with Crippen LogP contribution in [0.4, 0.5) is 5.69 Å². The van der Waals surface area contributed by atoms with Gasteiger partial charge in [-0.05, 0) is 53.9 Å². The molecule has 3 aromatic carbocycles. The standard InChI is InChI=1S/C27H27N5O3/c1-17-9-12-22(14-23(17)27(35)31(3)4)32(25(34)15-24(33)26-28-18(2)29-30-26)16-19-10-11-20-7-5-6-8-21(20)13-19/h5-14H,15-16H2,1-4H3,(H,28,29,30). The summed E-state index contributed by atoms with van der Waals surface area (Å²) in [6, 6.07) is 19.3. The second-order valence-corrected chi connectivity index (χ2v) is 8.70. The van der Waals surface area contributed by atoms with Crippen LogP contribution in [0.15, 0.2) is 60.7 Å². The van der Waals surface area contributed by atoms with Crippen molar-refractivity contribution >= 4 is 34.1 Å². The van der Waals surface area contributed by atoms with Gasteiger partial charge in [-0.2, -0.15) is 5.10 Å². The Kier molecular flexibility index (Phi) is 6.73. The van der Waals surface area contributed by atoms with Crippen LogP contribution < -0.4 is 4.90 Å². The number of hydrogen-bond acceptors (Lipinski definition) is 5. The number of fused-ring (bicyclic) bond motifs is 1. The molecule has 8 heteroatoms. The first-order chi connectivity index (χ1) is 16.7. The lowest BCUT2D eigenvalue weighted by Crippen LogP contribution is -2.32. The van der Waals surface area contributed by atoms with Crippen LogP contribution in [-0.4, -0.2) is 51.8 Å². The first-order valence-corrected chi connectivity index (χ1v) is 11.3. The molecule has 0 atom stereocenters. The van der Waals surface area contributed by atoms with Crippen LogP contribution in [0, 0.1) is 13.8 Å². The topological polar surface area (TPSA) is 99.3 Å². The highest BCUT2D eigenvalue weighted by molar-refractivity contribution is 6.10. The third-order valence-corrected chi connectivity index (χ3v) is 5.78. The van der Waals surface area contributed by atoms with Crippen molar-refractivity contribution in [1.82, 2.24) is 20.1 Å². The third-order valence-electron chi connectivity index (χ3n) is 5.78. The number of nitrogens with one attached hydrogen (secondary N) is 1. The van der Waals surface area contributed by atoms with Gasteiger partial charge < -0.3 is 9.80 Å². The first kappa shape index (κ1) is 23.8. The van der Waals surface area contributed by atoms with Crippen molar-refractivity contribution in [3.63, 3.8) is 0 Å². The molecule has 0 unspecified atom stereocenters. The molecule has 8 nitrogen and oxygen atoms in total. The van der Waals surface area contributed by atoms with Crippen LogP contribution in [0.3, 0.4) is 0 Å². The van der Waals surface area contributed by atoms with Gasteiger partial charge in [0.1, 0.15) is 5.82 Å². The molecular formula is C27H27N5O3. The Bertz CT molecular complexity index is 1420. The van der Waals surface area contributed by atoms with E-state index in [1.165, 1.54) is 9.80 Å². The maximum absolute atomic E-state index is 13.4. The van der Waals surface area contributed by atoms with Gasteiger partial charge >= 0.3 is 0 Å². The number of aromatic amines is 1. The van der Waals surface area contributed by atoms with Gasteiger partial charge in [0.05, 0.1) is 13.0 Å². The number of carbonyl (C=O) groups is 3. The number of anilines is 1. The van der Waals surface area contributed by atoms with Crippen molar-refractivity contribution in [2.75, 3.05) is 19.0 Å². The number of benzene rings is 3. The highest BCUT2D eigenvalue weighted by Crippen LogP contribution is 2.25. The van der Waals surface area contributed by atoms with Crippen molar-refractivity contribution in [1.29, 1.82) is 0 Å². The van der Waals surface area contributed by atoms with Gasteiger partial charge in [0, 0.05) is 25.3 Å². The molecule has 0 aliphatic rings. The number of ketones is 1. The third kappa shape index (κ3) is 5.27. The molecule has 0 bridgehead atoms. The van der Waals surface area contributed by atoms with Crippen LogP contribution in [-0.2, 0) is 11.3 Å². The Balaban J connectivity index is 1.70. The average molecular weight is 470 g/mol. The fourth-order valence-electron chi connectivity index (χ4n) is 3.87. The molecule has 2 amide bonds. The number of amides is 2. The van der Waals surface area contributed by atoms with Gasteiger partial charge in [0.15, 0.2) is 0 Å². The molecule has 0 saturated carbocycles. The fourth-order valence-corrected chi connectivity index (χ4v) is 3.87. The number of hydrogen-bond donors (Lipinski definition) is 1. The van der Waals surface area contributed by atoms with Crippen LogP contribution in [0.25, 0.3) is 10.8 Å². The summed E-state index contributed by atoms with van der Waals surface area (Å²) in [6.45, 7) is 3.78. The molecule has 1 N–H and O–H groups in total. The summed E-state index contributed by atoms with van der Waals surface area (Å²) in [5.74, 6) is -0.555. The Labute approximate surface area is 203 Å². The van der Waals surface area contributed by atoms with Gasteiger partial charge in [0.2, 0.25) is 17.5 Å². The Morgan fingerprint density at radius 2 is 1.66 bits per heavy atom. The molecule has 4 rings (SSSR count). The molecular weight excluding hydrogens is 442 g/mol. The van der Waals surface area contributed by atoms with E-state index in [2.05, 4.69) is 15.2 Å². The number of aryl methyl sites for hydroxylation is 2. The molecule has 0 aliphatic carbocycles. The Hall–Kier alpha value is -4.33. The summed E-state index contributed by atoms with van der Waals surface area (Å²) in [6.07, 6.45) is -0.393. The van der Waals surface area contributed by atoms with Gasteiger partial charge in [-0.15, -0.1) is 0 Å². The molecule has 1 aromatic heterocycles. The minimum Gasteiger partial charge on any atom is -0.345 e. The molecule has 35 heavy (non-hydrogen) atoms. The van der Waals surface area contributed by atoms with Gasteiger partial charge in [-0.3, -0.25) is 19.5 Å². The van der Waals surface area contributed by atoms with Crippen molar-refractivity contribution in [2.45, 2.75) is 26.8 Å². The summed E-state index contributed by atoms with van der Waals surface area (Å²) in [7, 11) is 3.37. The molecule has 4 aromatic rings. The van der Waals surface area contributed by atoms with Crippen molar-refractivity contribution in [3.8, 4) is 0 Å². The summed E-state index contributed by atoms with van der Waals surface area (Å²) in [5.41, 5.74) is 2.75. The van der Waals surface area contributed by atoms with E-state index in [9.17, 15) is 14.4 Å². The van der Waals surface area contributed by atoms with E-state index in [0.717, 1.165) is 21.9 Å². The Morgan fingerprint density at radius 3 is 2.34 bits per heavy atom. The quantitative estimate of drug-likeness (QED) is 0.325. The van der Waals surface area contributed by atoms with Gasteiger partial charge in [0.25, 0.3) is 5.91 Å². The molecule has 0 fully saturated rings. The maximum Gasteiger partial charge on any atom is 0.253 e. The molecule has 0 saturated heterocycles. The summed E-state index contributed by atoms with van der Waals surface area (Å²) < 4.78 is 0. The van der Waals surface area contributed by atoms with Crippen LogP contribution >= 0.6 is 0 Å². The first-order valence-electron chi connectivity index (χ1n) is 11.3. The zero-order valence-electron chi connectivity index (χ0n) is 20.2. The Morgan fingerprint density at radius 1 is 0.914 bits per heavy atom. The minimum absolute atomic E-state index is 0.0196. The summed E-state index contributed by atoms with van der Waals surface area (Å²) >= 11 is 0. The number of nitrogens with zero attached hydrogens (tertiary/aromatic N) is 4. The van der Waals surface area contributed by atoms with Crippen molar-refractivity contribution in [3.05, 3.63) is 89.0 Å². The fraction of sp³-hybridized carbons (Fsp3) is 0.222. The second kappa shape index (κ2) is 9.89. The van der Waals surface area contributed by atoms with E-state index in [1.54, 1.807) is 33.2 Å². The predicted octanol–water partition coefficient (Wildman–Crippen LogP) is 4.08. The van der Waals surface area contributed by atoms with E-state index in [4.69, 9.17) is 0 Å². The number of carbonyl (C=O) groups excluding carboxylic acids is 3. The highest BCUT2D eigenvalue weighted by atomic mass is 16.2. The van der Waals surface area contributed by atoms with E-state index in [-0.39, 0.29) is 18.3 Å². The molecule has 178 valence electrons. The van der Waals surface area contributed by atoms with E-state index in [0.29, 0.717) is 17.1 Å².